The van der Waals surface area contributed by atoms with Gasteiger partial charge in [-0.2, -0.15) is 0 Å². The number of rotatable bonds is 8. The Labute approximate surface area is 95.0 Å². The Morgan fingerprint density at radius 3 is 1.50 bits per heavy atom. The minimum atomic E-state index is -3.46. The van der Waals surface area contributed by atoms with Crippen molar-refractivity contribution in [2.24, 2.45) is 0 Å². The van der Waals surface area contributed by atoms with Crippen molar-refractivity contribution >= 4 is 19.7 Å². The summed E-state index contributed by atoms with van der Waals surface area (Å²) in [5.74, 6) is -0.859. The Morgan fingerprint density at radius 1 is 0.938 bits per heavy atom. The van der Waals surface area contributed by atoms with E-state index in [1.807, 2.05) is 0 Å². The summed E-state index contributed by atoms with van der Waals surface area (Å²) in [6, 6.07) is 0. The lowest BCUT2D eigenvalue weighted by Gasteiger charge is -2.09. The highest BCUT2D eigenvalue weighted by Crippen LogP contribution is 1.98. The molecule has 0 radical (unpaired) electrons. The highest BCUT2D eigenvalue weighted by atomic mass is 32.2. The monoisotopic (exact) mass is 271 g/mol. The first-order valence-corrected chi connectivity index (χ1v) is 7.76. The predicted octanol–water partition coefficient (Wildman–Crippen LogP) is 0.290. The molecule has 0 atom stereocenters. The van der Waals surface area contributed by atoms with Crippen molar-refractivity contribution in [2.45, 2.75) is 0 Å². The lowest BCUT2D eigenvalue weighted by Crippen LogP contribution is -2.26. The molecule has 0 aliphatic heterocycles. The van der Waals surface area contributed by atoms with Crippen LogP contribution in [0.5, 0.6) is 0 Å². The Bertz CT molecular complexity index is 399. The summed E-state index contributed by atoms with van der Waals surface area (Å²) in [5, 5.41) is 1.62. The van der Waals surface area contributed by atoms with E-state index in [9.17, 15) is 21.3 Å². The van der Waals surface area contributed by atoms with Crippen molar-refractivity contribution in [1.82, 2.24) is 5.12 Å². The van der Waals surface area contributed by atoms with Crippen LogP contribution in [0.2, 0.25) is 0 Å². The van der Waals surface area contributed by atoms with E-state index in [-0.39, 0.29) is 18.2 Å². The third-order valence-electron chi connectivity index (χ3n) is 1.74. The van der Waals surface area contributed by atoms with E-state index in [2.05, 4.69) is 13.2 Å². The van der Waals surface area contributed by atoms with Crippen LogP contribution in [0, 0.1) is 0 Å². The molecule has 0 saturated heterocycles. The van der Waals surface area contributed by atoms with Crippen molar-refractivity contribution in [3.05, 3.63) is 24.0 Å². The number of nitrogens with zero attached hydrogens (tertiary/aromatic N) is 1. The second-order valence-corrected chi connectivity index (χ2v) is 7.11. The van der Waals surface area contributed by atoms with E-state index in [0.717, 1.165) is 10.8 Å². The van der Waals surface area contributed by atoms with Crippen molar-refractivity contribution in [3.8, 4) is 0 Å². The van der Waals surface area contributed by atoms with Crippen LogP contribution < -0.4 is 0 Å². The fourth-order valence-electron chi connectivity index (χ4n) is 0.731. The van der Waals surface area contributed by atoms with Gasteiger partial charge in [-0.05, 0) is 0 Å². The van der Waals surface area contributed by atoms with Gasteiger partial charge in [0.1, 0.15) is 0 Å². The minimum Gasteiger partial charge on any atom is -0.224 e. The molecule has 0 amide bonds. The lowest BCUT2D eigenvalue weighted by atomic mass is 10.6. The molecule has 16 heavy (non-hydrogen) atoms. The molecule has 0 aromatic carbocycles. The zero-order valence-electron chi connectivity index (χ0n) is 8.67. The molecule has 0 bridgehead atoms. The topological polar surface area (TPSA) is 71.5 Å². The van der Waals surface area contributed by atoms with E-state index >= 15 is 0 Å². The van der Waals surface area contributed by atoms with Gasteiger partial charge < -0.3 is 0 Å². The van der Waals surface area contributed by atoms with Crippen LogP contribution in [-0.4, -0.2) is 46.6 Å². The normalized spacial score (nSPS) is 12.6. The summed E-state index contributed by atoms with van der Waals surface area (Å²) in [5.41, 5.74) is 0. The summed E-state index contributed by atoms with van der Waals surface area (Å²) in [4.78, 5) is 0. The Hall–Kier alpha value is -0.730. The molecule has 8 heteroatoms. The molecule has 0 unspecified atom stereocenters. The van der Waals surface area contributed by atoms with Crippen LogP contribution >= 0.6 is 0 Å². The van der Waals surface area contributed by atoms with E-state index < -0.39 is 31.2 Å². The summed E-state index contributed by atoms with van der Waals surface area (Å²) < 4.78 is 56.6. The maximum atomic E-state index is 13.0. The first-order chi connectivity index (χ1) is 7.22. The van der Waals surface area contributed by atoms with Crippen LogP contribution in [0.1, 0.15) is 0 Å². The zero-order valence-corrected chi connectivity index (χ0v) is 10.3. The van der Waals surface area contributed by atoms with Gasteiger partial charge in [-0.15, -0.1) is 9.60 Å². The van der Waals surface area contributed by atoms with Gasteiger partial charge in [-0.25, -0.2) is 16.8 Å². The second-order valence-electron chi connectivity index (χ2n) is 2.98. The SMILES string of the molecule is C=CS(=O)(=O)CCN(F)CCS(=O)(=O)C=C. The van der Waals surface area contributed by atoms with Crippen molar-refractivity contribution < 1.29 is 21.3 Å². The zero-order chi connectivity index (χ0) is 12.8. The summed E-state index contributed by atoms with van der Waals surface area (Å²) in [6.07, 6.45) is 0. The van der Waals surface area contributed by atoms with Crippen LogP contribution in [0.4, 0.5) is 4.48 Å². The molecule has 0 spiro atoms. The van der Waals surface area contributed by atoms with Crippen LogP contribution in [0.3, 0.4) is 0 Å². The van der Waals surface area contributed by atoms with E-state index in [4.69, 9.17) is 0 Å². The number of hydrogen-bond donors (Lipinski definition) is 0. The minimum absolute atomic E-state index is 0.141. The maximum Gasteiger partial charge on any atom is 0.172 e. The standard InChI is InChI=1S/C8H14FNO4S2/c1-3-15(11,12)7-5-10(9)6-8-16(13,14)4-2/h3-4H,1-2,5-8H2. The van der Waals surface area contributed by atoms with Crippen molar-refractivity contribution in [3.63, 3.8) is 0 Å². The molecule has 0 N–H and O–H groups in total. The number of sulfone groups is 2. The molecule has 0 saturated carbocycles. The van der Waals surface area contributed by atoms with Gasteiger partial charge in [0, 0.05) is 23.9 Å². The fourth-order valence-corrected chi connectivity index (χ4v) is 1.97. The molecule has 0 heterocycles. The van der Waals surface area contributed by atoms with Crippen LogP contribution in [0.15, 0.2) is 24.0 Å². The van der Waals surface area contributed by atoms with Gasteiger partial charge >= 0.3 is 0 Å². The van der Waals surface area contributed by atoms with Crippen LogP contribution in [-0.2, 0) is 19.7 Å². The molecule has 0 aliphatic carbocycles. The average molecular weight is 271 g/mol. The molecule has 0 fully saturated rings. The van der Waals surface area contributed by atoms with Gasteiger partial charge in [0.2, 0.25) is 0 Å². The quantitative estimate of drug-likeness (QED) is 0.593. The summed E-state index contributed by atoms with van der Waals surface area (Å²) in [7, 11) is -6.92. The van der Waals surface area contributed by atoms with Gasteiger partial charge in [0.25, 0.3) is 0 Å². The smallest absolute Gasteiger partial charge is 0.172 e. The van der Waals surface area contributed by atoms with Gasteiger partial charge in [0.05, 0.1) is 11.5 Å². The predicted molar refractivity (Wildman–Crippen MR) is 60.6 cm³/mol. The molecule has 5 nitrogen and oxygen atoms in total. The number of halogens is 1. The lowest BCUT2D eigenvalue weighted by molar-refractivity contribution is 0.0408. The Morgan fingerprint density at radius 2 is 1.25 bits per heavy atom. The summed E-state index contributed by atoms with van der Waals surface area (Å²) in [6.45, 7) is 5.37. The molecule has 0 aromatic heterocycles. The first kappa shape index (κ1) is 15.3. The van der Waals surface area contributed by atoms with Crippen molar-refractivity contribution in [1.29, 1.82) is 0 Å². The van der Waals surface area contributed by atoms with Gasteiger partial charge in [0.15, 0.2) is 19.7 Å². The van der Waals surface area contributed by atoms with E-state index in [1.54, 1.807) is 0 Å². The Kier molecular flexibility index (Phi) is 5.84. The summed E-state index contributed by atoms with van der Waals surface area (Å²) >= 11 is 0. The number of hydrogen-bond acceptors (Lipinski definition) is 5. The molecule has 0 aliphatic rings. The molecular weight excluding hydrogens is 257 g/mol. The van der Waals surface area contributed by atoms with E-state index in [1.165, 1.54) is 0 Å². The molecular formula is C8H14FNO4S2. The molecule has 0 rings (SSSR count). The van der Waals surface area contributed by atoms with Gasteiger partial charge in [-0.1, -0.05) is 13.2 Å². The highest BCUT2D eigenvalue weighted by molar-refractivity contribution is 7.94. The van der Waals surface area contributed by atoms with Crippen LogP contribution in [0.25, 0.3) is 0 Å². The van der Waals surface area contributed by atoms with Crippen molar-refractivity contribution in [2.75, 3.05) is 24.6 Å². The largest absolute Gasteiger partial charge is 0.224 e. The van der Waals surface area contributed by atoms with E-state index in [0.29, 0.717) is 0 Å². The molecule has 94 valence electrons. The highest BCUT2D eigenvalue weighted by Gasteiger charge is 2.13. The van der Waals surface area contributed by atoms with Gasteiger partial charge in [-0.3, -0.25) is 0 Å². The first-order valence-electron chi connectivity index (χ1n) is 4.33. The third kappa shape index (κ3) is 6.70. The third-order valence-corrected chi connectivity index (χ3v) is 4.26. The maximum absolute atomic E-state index is 13.0. The average Bonchev–Trinajstić information content (AvgIpc) is 2.24. The Balaban J connectivity index is 4.07. The fraction of sp³-hybridized carbons (Fsp3) is 0.500. The second kappa shape index (κ2) is 6.12. The molecule has 0 aromatic rings.